The predicted octanol–water partition coefficient (Wildman–Crippen LogP) is 3.44. The molecule has 0 aliphatic carbocycles. The van der Waals surface area contributed by atoms with Crippen molar-refractivity contribution >= 4 is 26.7 Å². The zero-order chi connectivity index (χ0) is 19.7. The summed E-state index contributed by atoms with van der Waals surface area (Å²) in [5, 5.41) is 5.30. The molecule has 0 radical (unpaired) electrons. The highest BCUT2D eigenvalue weighted by atomic mass is 32.2. The highest BCUT2D eigenvalue weighted by molar-refractivity contribution is 7.89. The van der Waals surface area contributed by atoms with Crippen LogP contribution in [0.3, 0.4) is 0 Å². The van der Waals surface area contributed by atoms with E-state index in [9.17, 15) is 8.42 Å². The fourth-order valence-electron chi connectivity index (χ4n) is 3.97. The second kappa shape index (κ2) is 7.56. The molecule has 0 fully saturated rings. The molecule has 2 heterocycles. The van der Waals surface area contributed by atoms with Crippen LogP contribution in [0.25, 0.3) is 11.0 Å². The van der Waals surface area contributed by atoms with Gasteiger partial charge in [0.05, 0.1) is 22.5 Å². The van der Waals surface area contributed by atoms with Crippen molar-refractivity contribution in [2.24, 2.45) is 5.14 Å². The molecule has 0 saturated carbocycles. The lowest BCUT2D eigenvalue weighted by molar-refractivity contribution is 0.595. The molecule has 0 bridgehead atoms. The molecule has 0 amide bonds. The number of benzene rings is 2. The van der Waals surface area contributed by atoms with Crippen LogP contribution in [0.4, 0.5) is 5.69 Å². The first-order valence-corrected chi connectivity index (χ1v) is 11.4. The Hall–Kier alpha value is -2.38. The number of sulfonamides is 1. The van der Waals surface area contributed by atoms with Gasteiger partial charge in [0, 0.05) is 18.8 Å². The summed E-state index contributed by atoms with van der Waals surface area (Å²) in [6.45, 7) is 4.74. The molecule has 2 N–H and O–H groups in total. The van der Waals surface area contributed by atoms with Crippen molar-refractivity contribution < 1.29 is 8.42 Å². The van der Waals surface area contributed by atoms with Gasteiger partial charge in [-0.25, -0.2) is 18.5 Å². The minimum absolute atomic E-state index is 0.106. The van der Waals surface area contributed by atoms with Crippen molar-refractivity contribution in [1.29, 1.82) is 0 Å². The molecule has 148 valence electrons. The molecule has 28 heavy (non-hydrogen) atoms. The highest BCUT2D eigenvalue weighted by Gasteiger charge is 2.20. The van der Waals surface area contributed by atoms with Crippen molar-refractivity contribution in [2.45, 2.75) is 50.6 Å². The smallest absolute Gasteiger partial charge is 0.238 e. The van der Waals surface area contributed by atoms with Crippen LogP contribution in [0.15, 0.2) is 47.4 Å². The number of hydrogen-bond donors (Lipinski definition) is 1. The minimum atomic E-state index is -3.74. The Morgan fingerprint density at radius 3 is 2.79 bits per heavy atom. The molecule has 0 saturated heterocycles. The van der Waals surface area contributed by atoms with Crippen LogP contribution >= 0.6 is 0 Å². The van der Waals surface area contributed by atoms with E-state index in [1.807, 2.05) is 6.07 Å². The topological polar surface area (TPSA) is 81.2 Å². The largest absolute Gasteiger partial charge is 0.364 e. The van der Waals surface area contributed by atoms with E-state index in [1.54, 1.807) is 12.1 Å². The zero-order valence-corrected chi connectivity index (χ0v) is 17.0. The lowest BCUT2D eigenvalue weighted by Gasteiger charge is -2.31. The second-order valence-corrected chi connectivity index (χ2v) is 8.94. The molecular weight excluding hydrogens is 372 g/mol. The normalized spacial score (nSPS) is 14.4. The minimum Gasteiger partial charge on any atom is -0.364 e. The number of unbranched alkanes of at least 4 members (excludes halogenated alkanes) is 1. The van der Waals surface area contributed by atoms with E-state index in [2.05, 4.69) is 40.7 Å². The van der Waals surface area contributed by atoms with E-state index < -0.39 is 10.0 Å². The van der Waals surface area contributed by atoms with Crippen LogP contribution in [-0.2, 0) is 29.5 Å². The Bertz CT molecular complexity index is 1100. The maximum absolute atomic E-state index is 11.7. The van der Waals surface area contributed by atoms with Gasteiger partial charge in [0.15, 0.2) is 0 Å². The van der Waals surface area contributed by atoms with Crippen molar-refractivity contribution in [2.75, 3.05) is 11.4 Å². The molecule has 0 atom stereocenters. The van der Waals surface area contributed by atoms with Gasteiger partial charge in [-0.3, -0.25) is 0 Å². The van der Waals surface area contributed by atoms with Crippen molar-refractivity contribution in [1.82, 2.24) is 9.55 Å². The molecule has 7 heteroatoms. The van der Waals surface area contributed by atoms with Gasteiger partial charge in [0.2, 0.25) is 10.0 Å². The summed E-state index contributed by atoms with van der Waals surface area (Å²) in [6, 6.07) is 13.5. The Morgan fingerprint density at radius 2 is 2.00 bits per heavy atom. The molecule has 1 aliphatic heterocycles. The molecule has 0 spiro atoms. The molecular formula is C21H26N4O2S. The van der Waals surface area contributed by atoms with Gasteiger partial charge in [-0.1, -0.05) is 31.5 Å². The standard InChI is InChI=1S/C21H26N4O2S/c1-2-3-13-25-20-11-10-17(28(22,26)27)14-18(20)23-21(25)15-24-12-6-8-16-7-4-5-9-19(16)24/h4-5,7,9-11,14H,2-3,6,8,12-13,15H2,1H3,(H2,22,26,27). The number of primary sulfonamides is 1. The van der Waals surface area contributed by atoms with Gasteiger partial charge < -0.3 is 9.47 Å². The third-order valence-electron chi connectivity index (χ3n) is 5.40. The van der Waals surface area contributed by atoms with E-state index in [1.165, 1.54) is 11.3 Å². The number of rotatable bonds is 6. The number of nitrogens with zero attached hydrogens (tertiary/aromatic N) is 3. The maximum Gasteiger partial charge on any atom is 0.238 e. The van der Waals surface area contributed by atoms with Gasteiger partial charge >= 0.3 is 0 Å². The second-order valence-electron chi connectivity index (χ2n) is 7.38. The number of aryl methyl sites for hydroxylation is 2. The van der Waals surface area contributed by atoms with Crippen LogP contribution in [0.2, 0.25) is 0 Å². The van der Waals surface area contributed by atoms with E-state index in [-0.39, 0.29) is 4.90 Å². The van der Waals surface area contributed by atoms with Gasteiger partial charge in [-0.15, -0.1) is 0 Å². The lowest BCUT2D eigenvalue weighted by atomic mass is 10.0. The summed E-state index contributed by atoms with van der Waals surface area (Å²) >= 11 is 0. The molecule has 3 aromatic rings. The highest BCUT2D eigenvalue weighted by Crippen LogP contribution is 2.29. The number of hydrogen-bond acceptors (Lipinski definition) is 4. The number of imidazole rings is 1. The van der Waals surface area contributed by atoms with E-state index in [4.69, 9.17) is 10.1 Å². The molecule has 1 aromatic heterocycles. The first-order valence-electron chi connectivity index (χ1n) is 9.82. The van der Waals surface area contributed by atoms with Crippen molar-refractivity contribution in [3.05, 3.63) is 53.9 Å². The number of nitrogens with two attached hydrogens (primary N) is 1. The Balaban J connectivity index is 1.75. The Morgan fingerprint density at radius 1 is 1.18 bits per heavy atom. The average molecular weight is 399 g/mol. The molecule has 6 nitrogen and oxygen atoms in total. The fourth-order valence-corrected chi connectivity index (χ4v) is 4.50. The molecule has 2 aromatic carbocycles. The third kappa shape index (κ3) is 3.64. The summed E-state index contributed by atoms with van der Waals surface area (Å²) in [6.07, 6.45) is 4.37. The SMILES string of the molecule is CCCCn1c(CN2CCCc3ccccc32)nc2cc(S(N)(=O)=O)ccc21. The monoisotopic (exact) mass is 398 g/mol. The van der Waals surface area contributed by atoms with Gasteiger partial charge in [0.1, 0.15) is 5.82 Å². The number of fused-ring (bicyclic) bond motifs is 2. The van der Waals surface area contributed by atoms with E-state index in [0.29, 0.717) is 12.1 Å². The van der Waals surface area contributed by atoms with Crippen molar-refractivity contribution in [3.63, 3.8) is 0 Å². The van der Waals surface area contributed by atoms with Crippen LogP contribution in [0, 0.1) is 0 Å². The molecule has 4 rings (SSSR count). The Kier molecular flexibility index (Phi) is 5.12. The van der Waals surface area contributed by atoms with Crippen LogP contribution in [0.5, 0.6) is 0 Å². The summed E-state index contributed by atoms with van der Waals surface area (Å²) in [5.41, 5.74) is 4.29. The zero-order valence-electron chi connectivity index (χ0n) is 16.1. The molecule has 1 aliphatic rings. The molecule has 0 unspecified atom stereocenters. The fraction of sp³-hybridized carbons (Fsp3) is 0.381. The predicted molar refractivity (Wildman–Crippen MR) is 112 cm³/mol. The van der Waals surface area contributed by atoms with Crippen LogP contribution in [-0.4, -0.2) is 24.5 Å². The van der Waals surface area contributed by atoms with E-state index >= 15 is 0 Å². The third-order valence-corrected chi connectivity index (χ3v) is 6.31. The van der Waals surface area contributed by atoms with Gasteiger partial charge in [0.25, 0.3) is 0 Å². The lowest BCUT2D eigenvalue weighted by Crippen LogP contribution is -2.30. The van der Waals surface area contributed by atoms with E-state index in [0.717, 1.165) is 50.1 Å². The number of anilines is 1. The van der Waals surface area contributed by atoms with Crippen LogP contribution < -0.4 is 10.0 Å². The first-order chi connectivity index (χ1) is 13.5. The first kappa shape index (κ1) is 19.0. The van der Waals surface area contributed by atoms with Gasteiger partial charge in [-0.05, 0) is 49.1 Å². The van der Waals surface area contributed by atoms with Crippen molar-refractivity contribution in [3.8, 4) is 0 Å². The Labute approximate surface area is 166 Å². The number of para-hydroxylation sites is 1. The van der Waals surface area contributed by atoms with Crippen LogP contribution in [0.1, 0.15) is 37.6 Å². The number of aromatic nitrogens is 2. The quantitative estimate of drug-likeness (QED) is 0.690. The summed E-state index contributed by atoms with van der Waals surface area (Å²) in [5.74, 6) is 0.965. The van der Waals surface area contributed by atoms with Gasteiger partial charge in [-0.2, -0.15) is 0 Å². The summed E-state index contributed by atoms with van der Waals surface area (Å²) in [7, 11) is -3.74. The average Bonchev–Trinajstić information content (AvgIpc) is 3.02. The maximum atomic E-state index is 11.7. The summed E-state index contributed by atoms with van der Waals surface area (Å²) < 4.78 is 25.7. The summed E-state index contributed by atoms with van der Waals surface area (Å²) in [4.78, 5) is 7.29.